The standard InChI is InChI=1S/C20H18N4O2S2/c1-12-6-5-7-13(10-12)21-17(25)11-16-18(26)24(2)20(28-16)23-19-22-14-8-3-4-9-15(14)27-19/h3-10,16H,11H2,1-2H3,(H,21,25). The van der Waals surface area contributed by atoms with Crippen LogP contribution in [0.15, 0.2) is 53.5 Å². The molecule has 2 amide bonds. The Kier molecular flexibility index (Phi) is 5.15. The maximum atomic E-state index is 12.5. The molecule has 0 saturated carbocycles. The average molecular weight is 411 g/mol. The number of nitrogens with one attached hydrogen (secondary N) is 1. The monoisotopic (exact) mass is 410 g/mol. The van der Waals surface area contributed by atoms with Crippen LogP contribution >= 0.6 is 23.1 Å². The Balaban J connectivity index is 1.46. The number of carbonyl (C=O) groups is 2. The number of aliphatic imine (C=N–C) groups is 1. The molecule has 142 valence electrons. The summed E-state index contributed by atoms with van der Waals surface area (Å²) in [5.41, 5.74) is 2.68. The Bertz CT molecular complexity index is 1060. The largest absolute Gasteiger partial charge is 0.326 e. The van der Waals surface area contributed by atoms with Gasteiger partial charge < -0.3 is 5.32 Å². The van der Waals surface area contributed by atoms with Gasteiger partial charge in [0.15, 0.2) is 5.17 Å². The molecule has 3 aromatic rings. The zero-order valence-corrected chi connectivity index (χ0v) is 17.0. The lowest BCUT2D eigenvalue weighted by Gasteiger charge is -2.09. The minimum Gasteiger partial charge on any atom is -0.326 e. The van der Waals surface area contributed by atoms with Gasteiger partial charge in [-0.05, 0) is 36.8 Å². The second-order valence-electron chi connectivity index (χ2n) is 6.48. The molecule has 4 rings (SSSR count). The molecule has 28 heavy (non-hydrogen) atoms. The number of fused-ring (bicyclic) bond motifs is 1. The van der Waals surface area contributed by atoms with Crippen molar-refractivity contribution in [2.24, 2.45) is 4.99 Å². The number of thiazole rings is 1. The fourth-order valence-corrected chi connectivity index (χ4v) is 4.92. The number of hydrogen-bond acceptors (Lipinski definition) is 6. The van der Waals surface area contributed by atoms with E-state index in [4.69, 9.17) is 0 Å². The van der Waals surface area contributed by atoms with Crippen molar-refractivity contribution in [1.29, 1.82) is 0 Å². The summed E-state index contributed by atoms with van der Waals surface area (Å²) in [6.45, 7) is 1.96. The van der Waals surface area contributed by atoms with Crippen LogP contribution < -0.4 is 5.32 Å². The van der Waals surface area contributed by atoms with E-state index >= 15 is 0 Å². The predicted molar refractivity (Wildman–Crippen MR) is 115 cm³/mol. The molecule has 1 fully saturated rings. The molecule has 1 saturated heterocycles. The Morgan fingerprint density at radius 2 is 2.07 bits per heavy atom. The molecule has 2 aromatic carbocycles. The smallest absolute Gasteiger partial charge is 0.242 e. The first kappa shape index (κ1) is 18.6. The average Bonchev–Trinajstić information content (AvgIpc) is 3.18. The Morgan fingerprint density at radius 1 is 1.25 bits per heavy atom. The molecule has 1 unspecified atom stereocenters. The van der Waals surface area contributed by atoms with E-state index in [2.05, 4.69) is 15.3 Å². The van der Waals surface area contributed by atoms with E-state index in [0.717, 1.165) is 21.5 Å². The lowest BCUT2D eigenvalue weighted by atomic mass is 10.2. The Labute approximate surface area is 170 Å². The molecule has 6 nitrogen and oxygen atoms in total. The van der Waals surface area contributed by atoms with Crippen molar-refractivity contribution >= 4 is 61.1 Å². The van der Waals surface area contributed by atoms with Crippen LogP contribution in [0.4, 0.5) is 10.8 Å². The quantitative estimate of drug-likeness (QED) is 0.700. The van der Waals surface area contributed by atoms with E-state index in [1.54, 1.807) is 7.05 Å². The molecule has 0 radical (unpaired) electrons. The number of benzene rings is 2. The van der Waals surface area contributed by atoms with Gasteiger partial charge >= 0.3 is 0 Å². The lowest BCUT2D eigenvalue weighted by molar-refractivity contribution is -0.127. The number of rotatable bonds is 4. The summed E-state index contributed by atoms with van der Waals surface area (Å²) in [5, 5.41) is 3.54. The van der Waals surface area contributed by atoms with Crippen molar-refractivity contribution < 1.29 is 9.59 Å². The van der Waals surface area contributed by atoms with Gasteiger partial charge in [0.05, 0.1) is 10.2 Å². The van der Waals surface area contributed by atoms with Crippen molar-refractivity contribution in [3.8, 4) is 0 Å². The van der Waals surface area contributed by atoms with Gasteiger partial charge in [-0.1, -0.05) is 47.4 Å². The maximum absolute atomic E-state index is 12.5. The van der Waals surface area contributed by atoms with E-state index in [-0.39, 0.29) is 18.2 Å². The Hall–Kier alpha value is -2.71. The third-order valence-electron chi connectivity index (χ3n) is 4.29. The Morgan fingerprint density at radius 3 is 2.86 bits per heavy atom. The number of para-hydroxylation sites is 1. The number of hydrogen-bond donors (Lipinski definition) is 1. The molecular formula is C20H18N4O2S2. The molecule has 0 bridgehead atoms. The van der Waals surface area contributed by atoms with E-state index in [9.17, 15) is 9.59 Å². The SMILES string of the molecule is Cc1cccc(NC(=O)CC2SC(=Nc3nc4ccccc4s3)N(C)C2=O)c1. The second-order valence-corrected chi connectivity index (χ2v) is 8.66. The molecule has 1 aliphatic rings. The van der Waals surface area contributed by atoms with Crippen molar-refractivity contribution in [1.82, 2.24) is 9.88 Å². The first-order valence-electron chi connectivity index (χ1n) is 8.74. The van der Waals surface area contributed by atoms with Crippen LogP contribution in [0.2, 0.25) is 0 Å². The number of carbonyl (C=O) groups excluding carboxylic acids is 2. The highest BCUT2D eigenvalue weighted by Crippen LogP contribution is 2.33. The van der Waals surface area contributed by atoms with Gasteiger partial charge in [0.1, 0.15) is 5.25 Å². The molecule has 1 aromatic heterocycles. The van der Waals surface area contributed by atoms with Crippen LogP contribution in [-0.4, -0.2) is 39.2 Å². The fraction of sp³-hybridized carbons (Fsp3) is 0.200. The zero-order valence-electron chi connectivity index (χ0n) is 15.4. The van der Waals surface area contributed by atoms with Gasteiger partial charge in [0.25, 0.3) is 0 Å². The van der Waals surface area contributed by atoms with Gasteiger partial charge in [0.2, 0.25) is 16.9 Å². The molecular weight excluding hydrogens is 392 g/mol. The van der Waals surface area contributed by atoms with Crippen LogP contribution in [-0.2, 0) is 9.59 Å². The highest BCUT2D eigenvalue weighted by atomic mass is 32.2. The number of thioether (sulfide) groups is 1. The van der Waals surface area contributed by atoms with Crippen molar-refractivity contribution in [2.45, 2.75) is 18.6 Å². The minimum atomic E-state index is -0.483. The highest BCUT2D eigenvalue weighted by Gasteiger charge is 2.37. The third-order valence-corrected chi connectivity index (χ3v) is 6.45. The molecule has 2 heterocycles. The van der Waals surface area contributed by atoms with Gasteiger partial charge in [-0.25, -0.2) is 4.98 Å². The second kappa shape index (κ2) is 7.73. The maximum Gasteiger partial charge on any atom is 0.242 e. The summed E-state index contributed by atoms with van der Waals surface area (Å²) in [7, 11) is 1.68. The molecule has 0 aliphatic carbocycles. The van der Waals surface area contributed by atoms with Gasteiger partial charge in [-0.2, -0.15) is 4.99 Å². The van der Waals surface area contributed by atoms with E-state index in [1.165, 1.54) is 28.0 Å². The van der Waals surface area contributed by atoms with E-state index < -0.39 is 5.25 Å². The number of anilines is 1. The van der Waals surface area contributed by atoms with Crippen LogP contribution in [0.5, 0.6) is 0 Å². The lowest BCUT2D eigenvalue weighted by Crippen LogP contribution is -2.30. The highest BCUT2D eigenvalue weighted by molar-refractivity contribution is 8.15. The number of nitrogens with zero attached hydrogens (tertiary/aromatic N) is 3. The number of amidine groups is 1. The first-order chi connectivity index (χ1) is 13.5. The van der Waals surface area contributed by atoms with E-state index in [1.807, 2.05) is 55.5 Å². The topological polar surface area (TPSA) is 74.7 Å². The summed E-state index contributed by atoms with van der Waals surface area (Å²) in [6, 6.07) is 15.4. The van der Waals surface area contributed by atoms with Gasteiger partial charge in [-0.15, -0.1) is 0 Å². The molecule has 8 heteroatoms. The zero-order chi connectivity index (χ0) is 19.7. The molecule has 1 N–H and O–H groups in total. The first-order valence-corrected chi connectivity index (χ1v) is 10.4. The molecule has 1 aliphatic heterocycles. The molecule has 1 atom stereocenters. The van der Waals surface area contributed by atoms with Crippen LogP contribution in [0, 0.1) is 6.92 Å². The summed E-state index contributed by atoms with van der Waals surface area (Å²) >= 11 is 2.78. The number of amides is 2. The summed E-state index contributed by atoms with van der Waals surface area (Å²) in [6.07, 6.45) is 0.0979. The predicted octanol–water partition coefficient (Wildman–Crippen LogP) is 4.19. The normalized spacial score (nSPS) is 18.2. The van der Waals surface area contributed by atoms with Crippen molar-refractivity contribution in [3.05, 3.63) is 54.1 Å². The fourth-order valence-electron chi connectivity index (χ4n) is 2.89. The number of aryl methyl sites for hydroxylation is 1. The van der Waals surface area contributed by atoms with Crippen molar-refractivity contribution in [2.75, 3.05) is 12.4 Å². The third kappa shape index (κ3) is 3.93. The van der Waals surface area contributed by atoms with Gasteiger partial charge in [-0.3, -0.25) is 14.5 Å². The minimum absolute atomic E-state index is 0.0979. The molecule has 0 spiro atoms. The summed E-state index contributed by atoms with van der Waals surface area (Å²) in [5.74, 6) is -0.310. The van der Waals surface area contributed by atoms with Crippen molar-refractivity contribution in [3.63, 3.8) is 0 Å². The summed E-state index contributed by atoms with van der Waals surface area (Å²) in [4.78, 5) is 35.4. The van der Waals surface area contributed by atoms with Crippen LogP contribution in [0.3, 0.4) is 0 Å². The number of aromatic nitrogens is 1. The summed E-state index contributed by atoms with van der Waals surface area (Å²) < 4.78 is 1.05. The van der Waals surface area contributed by atoms with Crippen LogP contribution in [0.25, 0.3) is 10.2 Å². The van der Waals surface area contributed by atoms with E-state index in [0.29, 0.717) is 10.3 Å². The van der Waals surface area contributed by atoms with Gasteiger partial charge in [0, 0.05) is 19.2 Å². The van der Waals surface area contributed by atoms with Crippen LogP contribution in [0.1, 0.15) is 12.0 Å².